The fraction of sp³-hybridized carbons (Fsp3) is 0.133. The van der Waals surface area contributed by atoms with E-state index < -0.39 is 6.09 Å². The minimum absolute atomic E-state index is 0.102. The second kappa shape index (κ2) is 7.07. The van der Waals surface area contributed by atoms with Crippen LogP contribution in [0.25, 0.3) is 0 Å². The van der Waals surface area contributed by atoms with Crippen LogP contribution in [0.4, 0.5) is 10.5 Å². The van der Waals surface area contributed by atoms with Crippen LogP contribution in [0.1, 0.15) is 11.1 Å². The molecule has 0 aliphatic rings. The van der Waals surface area contributed by atoms with Crippen LogP contribution in [0.5, 0.6) is 0 Å². The smallest absolute Gasteiger partial charge is 0.411 e. The zero-order valence-electron chi connectivity index (χ0n) is 10.7. The van der Waals surface area contributed by atoms with Gasteiger partial charge < -0.3 is 9.84 Å². The molecule has 1 amide bonds. The Morgan fingerprint density at radius 3 is 2.65 bits per heavy atom. The van der Waals surface area contributed by atoms with Crippen molar-refractivity contribution in [3.05, 3.63) is 64.1 Å². The molecular formula is C15H14BrNO3. The maximum Gasteiger partial charge on any atom is 0.411 e. The zero-order chi connectivity index (χ0) is 14.4. The topological polar surface area (TPSA) is 58.6 Å². The third kappa shape index (κ3) is 4.08. The van der Waals surface area contributed by atoms with E-state index in [0.717, 1.165) is 10.0 Å². The average Bonchev–Trinajstić information content (AvgIpc) is 2.48. The van der Waals surface area contributed by atoms with Crippen molar-refractivity contribution in [2.45, 2.75) is 13.2 Å². The van der Waals surface area contributed by atoms with E-state index in [1.54, 1.807) is 18.2 Å². The van der Waals surface area contributed by atoms with E-state index >= 15 is 0 Å². The summed E-state index contributed by atoms with van der Waals surface area (Å²) in [6, 6.07) is 14.6. The lowest BCUT2D eigenvalue weighted by atomic mass is 10.2. The van der Waals surface area contributed by atoms with Gasteiger partial charge in [0.25, 0.3) is 0 Å². The van der Waals surface area contributed by atoms with Crippen LogP contribution in [0.2, 0.25) is 0 Å². The molecule has 0 bridgehead atoms. The van der Waals surface area contributed by atoms with Crippen LogP contribution in [0, 0.1) is 0 Å². The highest BCUT2D eigenvalue weighted by Crippen LogP contribution is 2.21. The monoisotopic (exact) mass is 335 g/mol. The lowest BCUT2D eigenvalue weighted by Gasteiger charge is -2.09. The standard InChI is InChI=1S/C15H14BrNO3/c16-14-7-6-13(8-12(14)9-18)17-15(19)20-10-11-4-2-1-3-5-11/h1-8,18H,9-10H2,(H,17,19). The summed E-state index contributed by atoms with van der Waals surface area (Å²) in [5.74, 6) is 0. The van der Waals surface area contributed by atoms with E-state index in [1.165, 1.54) is 0 Å². The first kappa shape index (κ1) is 14.6. The lowest BCUT2D eigenvalue weighted by Crippen LogP contribution is -2.13. The van der Waals surface area contributed by atoms with Crippen molar-refractivity contribution >= 4 is 27.7 Å². The van der Waals surface area contributed by atoms with Crippen molar-refractivity contribution in [2.24, 2.45) is 0 Å². The molecule has 0 aromatic heterocycles. The largest absolute Gasteiger partial charge is 0.444 e. The predicted octanol–water partition coefficient (Wildman–Crippen LogP) is 3.69. The molecule has 0 saturated carbocycles. The molecule has 20 heavy (non-hydrogen) atoms. The van der Waals surface area contributed by atoms with Gasteiger partial charge in [-0.2, -0.15) is 0 Å². The summed E-state index contributed by atoms with van der Waals surface area (Å²) in [7, 11) is 0. The van der Waals surface area contributed by atoms with Gasteiger partial charge in [0.15, 0.2) is 0 Å². The lowest BCUT2D eigenvalue weighted by molar-refractivity contribution is 0.155. The minimum atomic E-state index is -0.528. The first-order chi connectivity index (χ1) is 9.69. The molecule has 2 aromatic carbocycles. The van der Waals surface area contributed by atoms with Crippen LogP contribution in [0.3, 0.4) is 0 Å². The van der Waals surface area contributed by atoms with Gasteiger partial charge in [-0.1, -0.05) is 46.3 Å². The van der Waals surface area contributed by atoms with Gasteiger partial charge in [-0.25, -0.2) is 4.79 Å². The third-order valence-corrected chi connectivity index (χ3v) is 3.45. The summed E-state index contributed by atoms with van der Waals surface area (Å²) in [4.78, 5) is 11.7. The molecule has 2 N–H and O–H groups in total. The fourth-order valence-corrected chi connectivity index (χ4v) is 2.02. The highest BCUT2D eigenvalue weighted by molar-refractivity contribution is 9.10. The van der Waals surface area contributed by atoms with Crippen LogP contribution in [-0.2, 0) is 18.0 Å². The fourth-order valence-electron chi connectivity index (χ4n) is 1.65. The van der Waals surface area contributed by atoms with Crippen molar-refractivity contribution < 1.29 is 14.6 Å². The number of hydrogen-bond donors (Lipinski definition) is 2. The Hall–Kier alpha value is -1.85. The normalized spacial score (nSPS) is 10.1. The van der Waals surface area contributed by atoms with Gasteiger partial charge in [0.05, 0.1) is 6.61 Å². The number of halogens is 1. The summed E-state index contributed by atoms with van der Waals surface area (Å²) in [5.41, 5.74) is 2.20. The van der Waals surface area contributed by atoms with E-state index in [1.807, 2.05) is 30.3 Å². The van der Waals surface area contributed by atoms with Gasteiger partial charge in [-0.15, -0.1) is 0 Å². The molecule has 2 rings (SSSR count). The van der Waals surface area contributed by atoms with Crippen molar-refractivity contribution in [2.75, 3.05) is 5.32 Å². The summed E-state index contributed by atoms with van der Waals surface area (Å²) < 4.78 is 5.91. The van der Waals surface area contributed by atoms with E-state index in [9.17, 15) is 4.79 Å². The quantitative estimate of drug-likeness (QED) is 0.895. The molecule has 0 spiro atoms. The highest BCUT2D eigenvalue weighted by Gasteiger charge is 2.06. The van der Waals surface area contributed by atoms with Gasteiger partial charge >= 0.3 is 6.09 Å². The van der Waals surface area contributed by atoms with Crippen LogP contribution >= 0.6 is 15.9 Å². The van der Waals surface area contributed by atoms with Crippen LogP contribution in [-0.4, -0.2) is 11.2 Å². The number of carbonyl (C=O) groups is 1. The minimum Gasteiger partial charge on any atom is -0.444 e. The van der Waals surface area contributed by atoms with E-state index in [4.69, 9.17) is 9.84 Å². The molecule has 0 aliphatic heterocycles. The number of amides is 1. The summed E-state index contributed by atoms with van der Waals surface area (Å²) in [6.45, 7) is 0.116. The predicted molar refractivity (Wildman–Crippen MR) is 80.3 cm³/mol. The summed E-state index contributed by atoms with van der Waals surface area (Å²) in [6.07, 6.45) is -0.528. The van der Waals surface area contributed by atoms with Gasteiger partial charge in [0.2, 0.25) is 0 Å². The van der Waals surface area contributed by atoms with E-state index in [-0.39, 0.29) is 13.2 Å². The Morgan fingerprint density at radius 1 is 1.20 bits per heavy atom. The molecule has 104 valence electrons. The molecule has 0 atom stereocenters. The Labute approximate surface area is 125 Å². The number of benzene rings is 2. The second-order valence-electron chi connectivity index (χ2n) is 4.15. The average molecular weight is 336 g/mol. The number of anilines is 1. The second-order valence-corrected chi connectivity index (χ2v) is 5.01. The first-order valence-electron chi connectivity index (χ1n) is 6.06. The Balaban J connectivity index is 1.91. The summed E-state index contributed by atoms with van der Waals surface area (Å²) in [5, 5.41) is 11.8. The zero-order valence-corrected chi connectivity index (χ0v) is 12.3. The van der Waals surface area contributed by atoms with Crippen LogP contribution < -0.4 is 5.32 Å². The number of ether oxygens (including phenoxy) is 1. The molecule has 2 aromatic rings. The first-order valence-corrected chi connectivity index (χ1v) is 6.85. The molecule has 0 fully saturated rings. The van der Waals surface area contributed by atoms with Gasteiger partial charge in [-0.05, 0) is 29.3 Å². The SMILES string of the molecule is O=C(Nc1ccc(Br)c(CO)c1)OCc1ccccc1. The molecular weight excluding hydrogens is 322 g/mol. The molecule has 0 aliphatic carbocycles. The molecule has 5 heteroatoms. The number of hydrogen-bond acceptors (Lipinski definition) is 3. The maximum atomic E-state index is 11.7. The molecule has 4 nitrogen and oxygen atoms in total. The van der Waals surface area contributed by atoms with Gasteiger partial charge in [-0.3, -0.25) is 5.32 Å². The van der Waals surface area contributed by atoms with Gasteiger partial charge in [0, 0.05) is 10.2 Å². The molecule has 0 heterocycles. The summed E-state index contributed by atoms with van der Waals surface area (Å²) >= 11 is 3.31. The Kier molecular flexibility index (Phi) is 5.15. The third-order valence-electron chi connectivity index (χ3n) is 2.68. The Bertz CT molecular complexity index is 587. The number of aliphatic hydroxyl groups excluding tert-OH is 1. The van der Waals surface area contributed by atoms with E-state index in [2.05, 4.69) is 21.2 Å². The van der Waals surface area contributed by atoms with Crippen LogP contribution in [0.15, 0.2) is 53.0 Å². The molecule has 0 saturated heterocycles. The maximum absolute atomic E-state index is 11.7. The van der Waals surface area contributed by atoms with Crippen molar-refractivity contribution in [1.29, 1.82) is 0 Å². The number of carbonyl (C=O) groups excluding carboxylic acids is 1. The van der Waals surface area contributed by atoms with Crippen molar-refractivity contribution in [3.8, 4) is 0 Å². The Morgan fingerprint density at radius 2 is 1.95 bits per heavy atom. The van der Waals surface area contributed by atoms with Gasteiger partial charge in [0.1, 0.15) is 6.61 Å². The molecule has 0 radical (unpaired) electrons. The number of aliphatic hydroxyl groups is 1. The van der Waals surface area contributed by atoms with E-state index in [0.29, 0.717) is 11.3 Å². The van der Waals surface area contributed by atoms with Crippen molar-refractivity contribution in [3.63, 3.8) is 0 Å². The number of nitrogens with one attached hydrogen (secondary N) is 1. The molecule has 0 unspecified atom stereocenters. The van der Waals surface area contributed by atoms with Crippen molar-refractivity contribution in [1.82, 2.24) is 0 Å². The number of rotatable bonds is 4. The highest BCUT2D eigenvalue weighted by atomic mass is 79.9.